The van der Waals surface area contributed by atoms with Crippen LogP contribution < -0.4 is 10.1 Å². The Morgan fingerprint density at radius 2 is 1.84 bits per heavy atom. The van der Waals surface area contributed by atoms with Gasteiger partial charge in [0.15, 0.2) is 11.2 Å². The Labute approximate surface area is 151 Å². The Hall–Kier alpha value is -2.40. The van der Waals surface area contributed by atoms with E-state index in [9.17, 15) is 4.79 Å². The molecule has 0 aliphatic rings. The number of aromatic nitrogens is 1. The maximum Gasteiger partial charge on any atom is 0.266 e. The van der Waals surface area contributed by atoms with Crippen molar-refractivity contribution < 1.29 is 9.53 Å². The molecule has 0 aliphatic heterocycles. The maximum atomic E-state index is 12.4. The van der Waals surface area contributed by atoms with E-state index in [4.69, 9.17) is 4.74 Å². The predicted octanol–water partition coefficient (Wildman–Crippen LogP) is 5.13. The van der Waals surface area contributed by atoms with Crippen LogP contribution in [0.25, 0.3) is 10.2 Å². The van der Waals surface area contributed by atoms with Crippen LogP contribution in [0.3, 0.4) is 0 Å². The number of ether oxygens (including phenoxy) is 1. The largest absolute Gasteiger partial charge is 0.481 e. The topological polar surface area (TPSA) is 51.2 Å². The molecule has 0 radical (unpaired) electrons. The second-order valence-corrected chi connectivity index (χ2v) is 7.49. The molecule has 1 N–H and O–H groups in total. The Morgan fingerprint density at radius 3 is 2.52 bits per heavy atom. The number of carbonyl (C=O) groups is 1. The van der Waals surface area contributed by atoms with Crippen molar-refractivity contribution >= 4 is 32.6 Å². The van der Waals surface area contributed by atoms with Gasteiger partial charge in [-0.25, -0.2) is 4.98 Å². The first kappa shape index (κ1) is 17.4. The number of fused-ring (bicyclic) bond motifs is 1. The zero-order valence-corrected chi connectivity index (χ0v) is 15.7. The monoisotopic (exact) mass is 354 g/mol. The average molecular weight is 354 g/mol. The summed E-state index contributed by atoms with van der Waals surface area (Å²) in [6, 6.07) is 13.9. The highest BCUT2D eigenvalue weighted by Crippen LogP contribution is 2.27. The second kappa shape index (κ2) is 7.23. The fraction of sp³-hybridized carbons (Fsp3) is 0.300. The van der Waals surface area contributed by atoms with E-state index in [1.807, 2.05) is 43.3 Å². The molecule has 25 heavy (non-hydrogen) atoms. The molecule has 1 aromatic heterocycles. The average Bonchev–Trinajstić information content (AvgIpc) is 2.96. The Morgan fingerprint density at radius 1 is 1.12 bits per heavy atom. The van der Waals surface area contributed by atoms with E-state index in [0.717, 1.165) is 10.2 Å². The molecule has 2 aromatic carbocycles. The lowest BCUT2D eigenvalue weighted by Crippen LogP contribution is -2.30. The standard InChI is InChI=1S/C20H22N2O2S/c1-12(2)15-6-8-16(9-7-15)24-14(4)19(23)22-20-21-17-10-5-13(3)11-18(17)25-20/h5-12,14H,1-4H3,(H,21,22,23). The Bertz CT molecular complexity index is 884. The number of anilines is 1. The third-order valence-electron chi connectivity index (χ3n) is 4.00. The van der Waals surface area contributed by atoms with Crippen LogP contribution in [0.4, 0.5) is 5.13 Å². The molecule has 3 aromatic rings. The van der Waals surface area contributed by atoms with Crippen LogP contribution in [0.15, 0.2) is 42.5 Å². The van der Waals surface area contributed by atoms with Gasteiger partial charge in [0.1, 0.15) is 5.75 Å². The summed E-state index contributed by atoms with van der Waals surface area (Å²) < 4.78 is 6.80. The SMILES string of the molecule is Cc1ccc2nc(NC(=O)C(C)Oc3ccc(C(C)C)cc3)sc2c1. The van der Waals surface area contributed by atoms with E-state index < -0.39 is 6.10 Å². The molecule has 0 spiro atoms. The molecule has 0 fully saturated rings. The van der Waals surface area contributed by atoms with Gasteiger partial charge in [0.25, 0.3) is 5.91 Å². The van der Waals surface area contributed by atoms with Crippen molar-refractivity contribution in [2.45, 2.75) is 39.7 Å². The van der Waals surface area contributed by atoms with Gasteiger partial charge in [-0.2, -0.15) is 0 Å². The number of hydrogen-bond donors (Lipinski definition) is 1. The molecule has 1 atom stereocenters. The number of nitrogens with one attached hydrogen (secondary N) is 1. The second-order valence-electron chi connectivity index (χ2n) is 6.46. The van der Waals surface area contributed by atoms with Crippen LogP contribution in [0.1, 0.15) is 37.8 Å². The molecule has 1 unspecified atom stereocenters. The van der Waals surface area contributed by atoms with Gasteiger partial charge in [-0.05, 0) is 55.2 Å². The molecular formula is C20H22N2O2S. The fourth-order valence-corrected chi connectivity index (χ4v) is 3.45. The summed E-state index contributed by atoms with van der Waals surface area (Å²) in [5.41, 5.74) is 3.31. The number of benzene rings is 2. The summed E-state index contributed by atoms with van der Waals surface area (Å²) in [7, 11) is 0. The molecule has 0 aliphatic carbocycles. The van der Waals surface area contributed by atoms with Crippen LogP contribution in [0.5, 0.6) is 5.75 Å². The van der Waals surface area contributed by atoms with Gasteiger partial charge >= 0.3 is 0 Å². The lowest BCUT2D eigenvalue weighted by atomic mass is 10.0. The Kier molecular flexibility index (Phi) is 5.04. The first-order valence-corrected chi connectivity index (χ1v) is 9.18. The van der Waals surface area contributed by atoms with Gasteiger partial charge in [0.05, 0.1) is 10.2 Å². The van der Waals surface area contributed by atoms with Gasteiger partial charge in [0, 0.05) is 0 Å². The summed E-state index contributed by atoms with van der Waals surface area (Å²) in [4.78, 5) is 16.8. The molecule has 130 valence electrons. The van der Waals surface area contributed by atoms with E-state index in [2.05, 4.69) is 30.2 Å². The third-order valence-corrected chi connectivity index (χ3v) is 4.94. The summed E-state index contributed by atoms with van der Waals surface area (Å²) in [5, 5.41) is 3.44. The van der Waals surface area contributed by atoms with E-state index in [-0.39, 0.29) is 5.91 Å². The molecule has 0 bridgehead atoms. The molecule has 0 saturated carbocycles. The zero-order valence-electron chi connectivity index (χ0n) is 14.9. The van der Waals surface area contributed by atoms with Crippen molar-refractivity contribution in [2.75, 3.05) is 5.32 Å². The van der Waals surface area contributed by atoms with E-state index in [0.29, 0.717) is 16.8 Å². The number of amides is 1. The minimum absolute atomic E-state index is 0.205. The number of rotatable bonds is 5. The molecule has 1 amide bonds. The highest BCUT2D eigenvalue weighted by molar-refractivity contribution is 7.22. The fourth-order valence-electron chi connectivity index (χ4n) is 2.48. The minimum Gasteiger partial charge on any atom is -0.481 e. The number of thiazole rings is 1. The van der Waals surface area contributed by atoms with E-state index >= 15 is 0 Å². The molecule has 5 heteroatoms. The molecule has 4 nitrogen and oxygen atoms in total. The van der Waals surface area contributed by atoms with Crippen molar-refractivity contribution in [2.24, 2.45) is 0 Å². The number of aryl methyl sites for hydroxylation is 1. The van der Waals surface area contributed by atoms with Crippen molar-refractivity contribution in [3.05, 3.63) is 53.6 Å². The maximum absolute atomic E-state index is 12.4. The van der Waals surface area contributed by atoms with Gasteiger partial charge in [0.2, 0.25) is 0 Å². The highest BCUT2D eigenvalue weighted by atomic mass is 32.1. The quantitative estimate of drug-likeness (QED) is 0.691. The van der Waals surface area contributed by atoms with Crippen LogP contribution in [0.2, 0.25) is 0 Å². The molecule has 1 heterocycles. The van der Waals surface area contributed by atoms with Crippen LogP contribution >= 0.6 is 11.3 Å². The van der Waals surface area contributed by atoms with Crippen molar-refractivity contribution in [3.8, 4) is 5.75 Å². The number of nitrogens with zero attached hydrogens (tertiary/aromatic N) is 1. The van der Waals surface area contributed by atoms with Gasteiger partial charge in [-0.1, -0.05) is 43.4 Å². The number of hydrogen-bond acceptors (Lipinski definition) is 4. The molecule has 3 rings (SSSR count). The van der Waals surface area contributed by atoms with Crippen molar-refractivity contribution in [3.63, 3.8) is 0 Å². The third kappa shape index (κ3) is 4.17. The molecular weight excluding hydrogens is 332 g/mol. The van der Waals surface area contributed by atoms with Crippen LogP contribution in [0, 0.1) is 6.92 Å². The van der Waals surface area contributed by atoms with Crippen LogP contribution in [-0.4, -0.2) is 17.0 Å². The van der Waals surface area contributed by atoms with Gasteiger partial charge in [-0.3, -0.25) is 10.1 Å². The smallest absolute Gasteiger partial charge is 0.266 e. The normalized spacial score (nSPS) is 12.4. The van der Waals surface area contributed by atoms with Crippen molar-refractivity contribution in [1.29, 1.82) is 0 Å². The lowest BCUT2D eigenvalue weighted by Gasteiger charge is -2.14. The summed E-state index contributed by atoms with van der Waals surface area (Å²) in [6.45, 7) is 8.07. The van der Waals surface area contributed by atoms with Gasteiger partial charge in [-0.15, -0.1) is 0 Å². The van der Waals surface area contributed by atoms with Crippen LogP contribution in [-0.2, 0) is 4.79 Å². The van der Waals surface area contributed by atoms with E-state index in [1.165, 1.54) is 22.5 Å². The number of carbonyl (C=O) groups excluding carboxylic acids is 1. The lowest BCUT2D eigenvalue weighted by molar-refractivity contribution is -0.122. The van der Waals surface area contributed by atoms with E-state index in [1.54, 1.807) is 6.92 Å². The summed E-state index contributed by atoms with van der Waals surface area (Å²) in [6.07, 6.45) is -0.598. The minimum atomic E-state index is -0.598. The zero-order chi connectivity index (χ0) is 18.0. The van der Waals surface area contributed by atoms with Gasteiger partial charge < -0.3 is 4.74 Å². The van der Waals surface area contributed by atoms with Crippen molar-refractivity contribution in [1.82, 2.24) is 4.98 Å². The predicted molar refractivity (Wildman–Crippen MR) is 104 cm³/mol. The summed E-state index contributed by atoms with van der Waals surface area (Å²) in [5.74, 6) is 0.952. The highest BCUT2D eigenvalue weighted by Gasteiger charge is 2.17. The summed E-state index contributed by atoms with van der Waals surface area (Å²) >= 11 is 1.47. The Balaban J connectivity index is 1.65. The first-order valence-electron chi connectivity index (χ1n) is 8.37. The first-order chi connectivity index (χ1) is 11.9. The molecule has 0 saturated heterocycles.